The number of benzene rings is 2. The van der Waals surface area contributed by atoms with Gasteiger partial charge < -0.3 is 0 Å². The Balaban J connectivity index is 1.81. The minimum atomic E-state index is -0.501. The Kier molecular flexibility index (Phi) is 4.76. The summed E-state index contributed by atoms with van der Waals surface area (Å²) in [5.41, 5.74) is 2.19. The van der Waals surface area contributed by atoms with Gasteiger partial charge in [0.1, 0.15) is 11.6 Å². The van der Waals surface area contributed by atoms with Crippen molar-refractivity contribution in [3.05, 3.63) is 71.3 Å². The molecule has 0 aliphatic rings. The van der Waals surface area contributed by atoms with E-state index in [-0.39, 0.29) is 17.1 Å². The molecule has 6 heteroatoms. The summed E-state index contributed by atoms with van der Waals surface area (Å²) in [7, 11) is 0. The molecule has 0 atom stereocenters. The molecule has 3 aromatic rings. The number of Topliss-reactive ketones (excluding diaryl/α,β-unsaturated/α-hetero) is 1. The van der Waals surface area contributed by atoms with Gasteiger partial charge in [0.25, 0.3) is 0 Å². The fourth-order valence-electron chi connectivity index (χ4n) is 2.32. The Morgan fingerprint density at radius 2 is 1.79 bits per heavy atom. The lowest BCUT2D eigenvalue weighted by Crippen LogP contribution is -2.07. The molecule has 0 aliphatic carbocycles. The van der Waals surface area contributed by atoms with E-state index in [1.165, 1.54) is 23.9 Å². The zero-order valence-corrected chi connectivity index (χ0v) is 14.2. The van der Waals surface area contributed by atoms with Gasteiger partial charge in [-0.1, -0.05) is 41.6 Å². The van der Waals surface area contributed by atoms with E-state index in [9.17, 15) is 9.18 Å². The topological polar surface area (TPSA) is 47.8 Å². The molecule has 3 rings (SSSR count). The second-order valence-electron chi connectivity index (χ2n) is 5.39. The number of hydrogen-bond acceptors (Lipinski definition) is 4. The van der Waals surface area contributed by atoms with Gasteiger partial charge in [-0.3, -0.25) is 9.36 Å². The van der Waals surface area contributed by atoms with Crippen LogP contribution >= 0.6 is 11.8 Å². The van der Waals surface area contributed by atoms with Gasteiger partial charge in [0.05, 0.1) is 11.3 Å². The summed E-state index contributed by atoms with van der Waals surface area (Å²) in [5.74, 6) is 0.0680. The number of hydrogen-bond donors (Lipinski definition) is 0. The molecule has 0 saturated heterocycles. The highest BCUT2D eigenvalue weighted by molar-refractivity contribution is 7.99. The second-order valence-corrected chi connectivity index (χ2v) is 6.33. The van der Waals surface area contributed by atoms with Crippen LogP contribution in [0.4, 0.5) is 4.39 Å². The molecule has 0 amide bonds. The molecule has 0 radical (unpaired) electrons. The van der Waals surface area contributed by atoms with Gasteiger partial charge in [0, 0.05) is 5.69 Å². The number of thioether (sulfide) groups is 1. The maximum atomic E-state index is 13.7. The third-order valence-electron chi connectivity index (χ3n) is 3.59. The summed E-state index contributed by atoms with van der Waals surface area (Å²) < 4.78 is 15.6. The van der Waals surface area contributed by atoms with Crippen LogP contribution in [-0.4, -0.2) is 26.3 Å². The van der Waals surface area contributed by atoms with Crippen molar-refractivity contribution in [2.75, 3.05) is 5.75 Å². The van der Waals surface area contributed by atoms with Crippen LogP contribution in [0.25, 0.3) is 5.69 Å². The van der Waals surface area contributed by atoms with E-state index in [4.69, 9.17) is 0 Å². The first-order valence-corrected chi connectivity index (χ1v) is 8.44. The van der Waals surface area contributed by atoms with Crippen LogP contribution in [0.3, 0.4) is 0 Å². The lowest BCUT2D eigenvalue weighted by Gasteiger charge is -2.08. The number of aryl methyl sites for hydroxylation is 2. The zero-order chi connectivity index (χ0) is 17.1. The lowest BCUT2D eigenvalue weighted by molar-refractivity contribution is 0.101. The van der Waals surface area contributed by atoms with E-state index in [1.807, 2.05) is 42.7 Å². The average molecular weight is 341 g/mol. The van der Waals surface area contributed by atoms with Crippen molar-refractivity contribution in [3.63, 3.8) is 0 Å². The molecule has 0 N–H and O–H groups in total. The average Bonchev–Trinajstić information content (AvgIpc) is 2.95. The van der Waals surface area contributed by atoms with Crippen LogP contribution in [-0.2, 0) is 0 Å². The molecular weight excluding hydrogens is 325 g/mol. The molecule has 122 valence electrons. The summed E-state index contributed by atoms with van der Waals surface area (Å²) in [5, 5.41) is 8.84. The SMILES string of the molecule is Cc1ccc(-n2c(C)nnc2SCC(=O)c2ccccc2F)cc1. The Morgan fingerprint density at radius 3 is 2.50 bits per heavy atom. The van der Waals surface area contributed by atoms with E-state index in [0.717, 1.165) is 17.1 Å². The van der Waals surface area contributed by atoms with Gasteiger partial charge in [-0.15, -0.1) is 10.2 Å². The van der Waals surface area contributed by atoms with E-state index in [2.05, 4.69) is 10.2 Å². The maximum Gasteiger partial charge on any atom is 0.196 e. The van der Waals surface area contributed by atoms with Crippen molar-refractivity contribution in [3.8, 4) is 5.69 Å². The van der Waals surface area contributed by atoms with E-state index >= 15 is 0 Å². The first-order chi connectivity index (χ1) is 11.6. The number of carbonyl (C=O) groups is 1. The quantitative estimate of drug-likeness (QED) is 0.520. The number of ketones is 1. The normalized spacial score (nSPS) is 10.8. The van der Waals surface area contributed by atoms with Gasteiger partial charge in [-0.2, -0.15) is 0 Å². The Morgan fingerprint density at radius 1 is 1.08 bits per heavy atom. The maximum absolute atomic E-state index is 13.7. The minimum absolute atomic E-state index is 0.100. The number of nitrogens with zero attached hydrogens (tertiary/aromatic N) is 3. The highest BCUT2D eigenvalue weighted by atomic mass is 32.2. The Hall–Kier alpha value is -2.47. The molecule has 1 heterocycles. The van der Waals surface area contributed by atoms with Crippen LogP contribution < -0.4 is 0 Å². The van der Waals surface area contributed by atoms with E-state index in [1.54, 1.807) is 12.1 Å². The summed E-state index contributed by atoms with van der Waals surface area (Å²) >= 11 is 1.25. The van der Waals surface area contributed by atoms with Gasteiger partial charge in [-0.05, 0) is 38.1 Å². The smallest absolute Gasteiger partial charge is 0.196 e. The van der Waals surface area contributed by atoms with Gasteiger partial charge in [0.15, 0.2) is 10.9 Å². The molecule has 24 heavy (non-hydrogen) atoms. The first-order valence-electron chi connectivity index (χ1n) is 7.46. The minimum Gasteiger partial charge on any atom is -0.293 e. The molecule has 0 aliphatic heterocycles. The number of rotatable bonds is 5. The van der Waals surface area contributed by atoms with E-state index < -0.39 is 5.82 Å². The Labute approximate surface area is 143 Å². The molecule has 0 fully saturated rings. The monoisotopic (exact) mass is 341 g/mol. The van der Waals surface area contributed by atoms with Gasteiger partial charge in [0.2, 0.25) is 0 Å². The lowest BCUT2D eigenvalue weighted by atomic mass is 10.1. The van der Waals surface area contributed by atoms with E-state index in [0.29, 0.717) is 5.16 Å². The fourth-order valence-corrected chi connectivity index (χ4v) is 3.20. The van der Waals surface area contributed by atoms with Crippen LogP contribution in [0.5, 0.6) is 0 Å². The number of aromatic nitrogens is 3. The zero-order valence-electron chi connectivity index (χ0n) is 13.4. The molecule has 0 unspecified atom stereocenters. The van der Waals surface area contributed by atoms with Crippen molar-refractivity contribution in [2.45, 2.75) is 19.0 Å². The number of halogens is 1. The van der Waals surface area contributed by atoms with Crippen molar-refractivity contribution in [1.29, 1.82) is 0 Å². The van der Waals surface area contributed by atoms with Crippen LogP contribution in [0.2, 0.25) is 0 Å². The van der Waals surface area contributed by atoms with Crippen LogP contribution in [0.15, 0.2) is 53.7 Å². The van der Waals surface area contributed by atoms with Crippen molar-refractivity contribution in [1.82, 2.24) is 14.8 Å². The summed E-state index contributed by atoms with van der Waals surface area (Å²) in [6.07, 6.45) is 0. The van der Waals surface area contributed by atoms with Crippen molar-refractivity contribution in [2.24, 2.45) is 0 Å². The third-order valence-corrected chi connectivity index (χ3v) is 4.52. The third kappa shape index (κ3) is 3.38. The molecule has 0 saturated carbocycles. The standard InChI is InChI=1S/C18H16FN3OS/c1-12-7-9-14(10-8-12)22-13(2)20-21-18(22)24-11-17(23)15-5-3-4-6-16(15)19/h3-10H,11H2,1-2H3. The molecular formula is C18H16FN3OS. The predicted octanol–water partition coefficient (Wildman–Crippen LogP) is 4.00. The molecule has 0 spiro atoms. The Bertz CT molecular complexity index is 874. The van der Waals surface area contributed by atoms with Gasteiger partial charge in [-0.25, -0.2) is 4.39 Å². The fraction of sp³-hybridized carbons (Fsp3) is 0.167. The van der Waals surface area contributed by atoms with Crippen molar-refractivity contribution >= 4 is 17.5 Å². The first kappa shape index (κ1) is 16.4. The summed E-state index contributed by atoms with van der Waals surface area (Å²) in [6, 6.07) is 14.0. The predicted molar refractivity (Wildman–Crippen MR) is 92.3 cm³/mol. The summed E-state index contributed by atoms with van der Waals surface area (Å²) in [4.78, 5) is 12.2. The van der Waals surface area contributed by atoms with Crippen molar-refractivity contribution < 1.29 is 9.18 Å². The molecule has 2 aromatic carbocycles. The highest BCUT2D eigenvalue weighted by Crippen LogP contribution is 2.23. The second kappa shape index (κ2) is 6.97. The van der Waals surface area contributed by atoms with Crippen LogP contribution in [0, 0.1) is 19.7 Å². The van der Waals surface area contributed by atoms with Crippen LogP contribution in [0.1, 0.15) is 21.7 Å². The molecule has 4 nitrogen and oxygen atoms in total. The largest absolute Gasteiger partial charge is 0.293 e. The molecule has 1 aromatic heterocycles. The number of carbonyl (C=O) groups excluding carboxylic acids is 1. The molecule has 0 bridgehead atoms. The van der Waals surface area contributed by atoms with Gasteiger partial charge >= 0.3 is 0 Å². The highest BCUT2D eigenvalue weighted by Gasteiger charge is 2.16. The summed E-state index contributed by atoms with van der Waals surface area (Å²) in [6.45, 7) is 3.88.